The van der Waals surface area contributed by atoms with Crippen molar-refractivity contribution >= 4 is 21.8 Å². The Balaban J connectivity index is 1.41. The molecule has 13 heteroatoms. The second kappa shape index (κ2) is 13.5. The number of alkyl halides is 3. The fourth-order valence-corrected chi connectivity index (χ4v) is 6.65. The minimum absolute atomic E-state index is 0.0433. The van der Waals surface area contributed by atoms with Crippen LogP contribution in [-0.2, 0) is 32.4 Å². The molecular weight excluding hydrogens is 640 g/mol. The molecule has 0 radical (unpaired) electrons. The topological polar surface area (TPSA) is 102 Å². The first-order chi connectivity index (χ1) is 22.3. The maximum Gasteiger partial charge on any atom is 0.416 e. The summed E-state index contributed by atoms with van der Waals surface area (Å²) in [5.41, 5.74) is 0.647. The molecule has 3 atom stereocenters. The van der Waals surface area contributed by atoms with Crippen LogP contribution in [0.25, 0.3) is 0 Å². The number of nitrogens with one attached hydrogen (secondary N) is 1. The first kappa shape index (κ1) is 33.6. The Morgan fingerprint density at radius 1 is 0.787 bits per heavy atom. The molecule has 4 aromatic carbocycles. The number of halogens is 4. The molecule has 4 aromatic rings. The Hall–Kier alpha value is -4.75. The number of hydrogen-bond donors (Lipinski definition) is 1. The van der Waals surface area contributed by atoms with Gasteiger partial charge in [-0.05, 0) is 83.8 Å². The number of nitrogens with zero attached hydrogens (tertiary/aromatic N) is 1. The molecule has 1 heterocycles. The zero-order valence-electron chi connectivity index (χ0n) is 25.2. The van der Waals surface area contributed by atoms with Crippen molar-refractivity contribution in [2.24, 2.45) is 0 Å². The lowest BCUT2D eigenvalue weighted by molar-refractivity contribution is -0.142. The van der Waals surface area contributed by atoms with E-state index in [1.54, 1.807) is 50.4 Å². The lowest BCUT2D eigenvalue weighted by atomic mass is 9.83. The van der Waals surface area contributed by atoms with E-state index in [4.69, 9.17) is 9.47 Å². The predicted molar refractivity (Wildman–Crippen MR) is 163 cm³/mol. The molecule has 1 aliphatic heterocycles. The fourth-order valence-electron chi connectivity index (χ4n) is 5.39. The van der Waals surface area contributed by atoms with Gasteiger partial charge in [0, 0.05) is 0 Å². The summed E-state index contributed by atoms with van der Waals surface area (Å²) in [6.45, 7) is 1.81. The van der Waals surface area contributed by atoms with Gasteiger partial charge in [0.2, 0.25) is 21.8 Å². The van der Waals surface area contributed by atoms with Gasteiger partial charge in [-0.1, -0.05) is 43.3 Å². The summed E-state index contributed by atoms with van der Waals surface area (Å²) in [6, 6.07) is 21.8. The van der Waals surface area contributed by atoms with Gasteiger partial charge < -0.3 is 9.47 Å². The standard InChI is InChI=1S/C34H30F4N2O6S/c1-3-29(39-47(43,44)28-18-10-24(11-19-28)34(36,37)38)40-32(41)30(22-6-12-25(35)13-7-22)31(33(40)42)23-8-16-27(17-9-23)46-20-21-4-14-26(45-2)15-5-21/h4-19,29-31,39H,3,20H2,1-2H3. The Kier molecular flexibility index (Phi) is 9.68. The van der Waals surface area contributed by atoms with Crippen LogP contribution in [0.5, 0.6) is 11.5 Å². The lowest BCUT2D eigenvalue weighted by Crippen LogP contribution is -2.50. The lowest BCUT2D eigenvalue weighted by Gasteiger charge is -2.26. The number of benzene rings is 4. The van der Waals surface area contributed by atoms with Crippen LogP contribution >= 0.6 is 0 Å². The van der Waals surface area contributed by atoms with Crippen molar-refractivity contribution in [3.05, 3.63) is 125 Å². The molecule has 3 unspecified atom stereocenters. The molecule has 47 heavy (non-hydrogen) atoms. The molecule has 8 nitrogen and oxygen atoms in total. The van der Waals surface area contributed by atoms with E-state index < -0.39 is 62.3 Å². The second-order valence-corrected chi connectivity index (χ2v) is 12.5. The summed E-state index contributed by atoms with van der Waals surface area (Å²) in [7, 11) is -2.89. The van der Waals surface area contributed by atoms with E-state index in [2.05, 4.69) is 4.72 Å². The molecule has 1 aliphatic rings. The summed E-state index contributed by atoms with van der Waals surface area (Å²) in [5, 5.41) is 0. The Morgan fingerprint density at radius 3 is 1.79 bits per heavy atom. The number of carbonyl (C=O) groups excluding carboxylic acids is 2. The SMILES string of the molecule is CCC(NS(=O)(=O)c1ccc(C(F)(F)F)cc1)N1C(=O)C(c2ccc(F)cc2)C(c2ccc(OCc3ccc(OC)cc3)cc2)C1=O. The van der Waals surface area contributed by atoms with Crippen molar-refractivity contribution in [2.45, 2.75) is 49.0 Å². The highest BCUT2D eigenvalue weighted by molar-refractivity contribution is 7.89. The Bertz CT molecular complexity index is 1830. The highest BCUT2D eigenvalue weighted by atomic mass is 32.2. The second-order valence-electron chi connectivity index (χ2n) is 10.8. The summed E-state index contributed by atoms with van der Waals surface area (Å²) in [6.07, 6.45) is -6.07. The van der Waals surface area contributed by atoms with Crippen LogP contribution in [0.4, 0.5) is 17.6 Å². The maximum absolute atomic E-state index is 14.0. The molecule has 2 amide bonds. The number of methoxy groups -OCH3 is 1. The van der Waals surface area contributed by atoms with Gasteiger partial charge in [-0.2, -0.15) is 17.9 Å². The monoisotopic (exact) mass is 670 g/mol. The van der Waals surface area contributed by atoms with Crippen molar-refractivity contribution < 1.29 is 45.0 Å². The van der Waals surface area contributed by atoms with Crippen LogP contribution in [0, 0.1) is 5.82 Å². The molecule has 1 N–H and O–H groups in total. The van der Waals surface area contributed by atoms with Gasteiger partial charge in [-0.15, -0.1) is 0 Å². The van der Waals surface area contributed by atoms with Gasteiger partial charge in [0.1, 0.15) is 30.1 Å². The van der Waals surface area contributed by atoms with Crippen LogP contribution in [0.3, 0.4) is 0 Å². The van der Waals surface area contributed by atoms with E-state index in [-0.39, 0.29) is 13.0 Å². The molecule has 1 saturated heterocycles. The molecule has 0 saturated carbocycles. The molecule has 246 valence electrons. The number of likely N-dealkylation sites (tertiary alicyclic amines) is 1. The minimum Gasteiger partial charge on any atom is -0.497 e. The zero-order valence-corrected chi connectivity index (χ0v) is 26.0. The fraction of sp³-hybridized carbons (Fsp3) is 0.235. The third-order valence-corrected chi connectivity index (χ3v) is 9.33. The Morgan fingerprint density at radius 2 is 1.30 bits per heavy atom. The highest BCUT2D eigenvalue weighted by Crippen LogP contribution is 2.43. The van der Waals surface area contributed by atoms with Crippen molar-refractivity contribution in [3.63, 3.8) is 0 Å². The number of ether oxygens (including phenoxy) is 2. The third kappa shape index (κ3) is 7.31. The van der Waals surface area contributed by atoms with Crippen molar-refractivity contribution in [1.82, 2.24) is 9.62 Å². The molecular formula is C34H30F4N2O6S. The maximum atomic E-state index is 14.0. The Labute approximate surface area is 269 Å². The summed E-state index contributed by atoms with van der Waals surface area (Å²) >= 11 is 0. The van der Waals surface area contributed by atoms with Crippen LogP contribution in [0.15, 0.2) is 102 Å². The van der Waals surface area contributed by atoms with Gasteiger partial charge in [-0.3, -0.25) is 14.5 Å². The van der Waals surface area contributed by atoms with Crippen LogP contribution in [0.2, 0.25) is 0 Å². The predicted octanol–water partition coefficient (Wildman–Crippen LogP) is 6.38. The van der Waals surface area contributed by atoms with E-state index >= 15 is 0 Å². The summed E-state index contributed by atoms with van der Waals surface area (Å²) in [5.74, 6) is -2.96. The average molecular weight is 671 g/mol. The van der Waals surface area contributed by atoms with E-state index in [1.165, 1.54) is 12.1 Å². The molecule has 0 spiro atoms. The van der Waals surface area contributed by atoms with E-state index in [1.807, 2.05) is 12.1 Å². The van der Waals surface area contributed by atoms with Crippen molar-refractivity contribution in [2.75, 3.05) is 7.11 Å². The first-order valence-electron chi connectivity index (χ1n) is 14.5. The number of amides is 2. The van der Waals surface area contributed by atoms with E-state index in [0.29, 0.717) is 34.8 Å². The third-order valence-electron chi connectivity index (χ3n) is 7.85. The van der Waals surface area contributed by atoms with Crippen LogP contribution < -0.4 is 14.2 Å². The van der Waals surface area contributed by atoms with Gasteiger partial charge >= 0.3 is 6.18 Å². The quantitative estimate of drug-likeness (QED) is 0.147. The van der Waals surface area contributed by atoms with E-state index in [9.17, 15) is 35.6 Å². The zero-order chi connectivity index (χ0) is 33.9. The van der Waals surface area contributed by atoms with Gasteiger partial charge in [0.15, 0.2) is 0 Å². The molecule has 0 aromatic heterocycles. The number of imide groups is 1. The summed E-state index contributed by atoms with van der Waals surface area (Å²) in [4.78, 5) is 28.3. The molecule has 0 bridgehead atoms. The minimum atomic E-state index is -4.67. The number of rotatable bonds is 11. The molecule has 5 rings (SSSR count). The largest absolute Gasteiger partial charge is 0.497 e. The van der Waals surface area contributed by atoms with Gasteiger partial charge in [0.25, 0.3) is 0 Å². The van der Waals surface area contributed by atoms with Crippen molar-refractivity contribution in [3.8, 4) is 11.5 Å². The van der Waals surface area contributed by atoms with Gasteiger partial charge in [-0.25, -0.2) is 12.8 Å². The molecule has 0 aliphatic carbocycles. The molecule has 1 fully saturated rings. The normalized spacial score (nSPS) is 17.5. The van der Waals surface area contributed by atoms with E-state index in [0.717, 1.165) is 34.7 Å². The number of sulfonamides is 1. The number of carbonyl (C=O) groups is 2. The summed E-state index contributed by atoms with van der Waals surface area (Å²) < 4.78 is 92.6. The van der Waals surface area contributed by atoms with Crippen molar-refractivity contribution in [1.29, 1.82) is 0 Å². The average Bonchev–Trinajstić information content (AvgIpc) is 3.32. The van der Waals surface area contributed by atoms with Crippen LogP contribution in [0.1, 0.15) is 47.4 Å². The number of hydrogen-bond acceptors (Lipinski definition) is 6. The van der Waals surface area contributed by atoms with Gasteiger partial charge in [0.05, 0.1) is 29.4 Å². The smallest absolute Gasteiger partial charge is 0.416 e. The highest BCUT2D eigenvalue weighted by Gasteiger charge is 2.51. The van der Waals surface area contributed by atoms with Crippen LogP contribution in [-0.4, -0.2) is 38.4 Å². The first-order valence-corrected chi connectivity index (χ1v) is 16.0.